The summed E-state index contributed by atoms with van der Waals surface area (Å²) >= 11 is 0. The number of aliphatic hydroxyl groups is 2. The molecular formula is C11H23NO2. The normalized spacial score (nSPS) is 23.4. The molecule has 1 fully saturated rings. The summed E-state index contributed by atoms with van der Waals surface area (Å²) in [7, 11) is 0. The van der Waals surface area contributed by atoms with Gasteiger partial charge in [0.1, 0.15) is 0 Å². The number of nitrogens with one attached hydrogen (secondary N) is 1. The van der Waals surface area contributed by atoms with Crippen molar-refractivity contribution < 1.29 is 10.2 Å². The van der Waals surface area contributed by atoms with E-state index in [0.29, 0.717) is 13.1 Å². The van der Waals surface area contributed by atoms with Crippen LogP contribution in [0.3, 0.4) is 0 Å². The molecule has 1 atom stereocenters. The highest BCUT2D eigenvalue weighted by Crippen LogP contribution is 2.27. The molecule has 0 spiro atoms. The Bertz CT molecular complexity index is 155. The van der Waals surface area contributed by atoms with Crippen molar-refractivity contribution in [3.8, 4) is 0 Å². The third-order valence-corrected chi connectivity index (χ3v) is 3.09. The smallest absolute Gasteiger partial charge is 0.0771 e. The van der Waals surface area contributed by atoms with Crippen molar-refractivity contribution in [2.45, 2.75) is 57.2 Å². The standard InChI is InChI=1S/C11H23NO2/c1-2-10(13)8-12-9-11(14)6-4-3-5-7-11/h10,12-14H,2-9H2,1H3. The molecule has 1 saturated carbocycles. The van der Waals surface area contributed by atoms with E-state index in [1.807, 2.05) is 6.92 Å². The van der Waals surface area contributed by atoms with Crippen LogP contribution in [0, 0.1) is 0 Å². The quantitative estimate of drug-likeness (QED) is 0.623. The van der Waals surface area contributed by atoms with E-state index in [4.69, 9.17) is 0 Å². The molecule has 1 aliphatic rings. The van der Waals surface area contributed by atoms with Crippen LogP contribution in [0.1, 0.15) is 45.4 Å². The van der Waals surface area contributed by atoms with Crippen LogP contribution < -0.4 is 5.32 Å². The number of hydrogen-bond donors (Lipinski definition) is 3. The summed E-state index contributed by atoms with van der Waals surface area (Å²) in [6, 6.07) is 0. The van der Waals surface area contributed by atoms with Gasteiger partial charge in [0.05, 0.1) is 11.7 Å². The number of aliphatic hydroxyl groups excluding tert-OH is 1. The van der Waals surface area contributed by atoms with Crippen LogP contribution in [0.4, 0.5) is 0 Å². The monoisotopic (exact) mass is 201 g/mol. The lowest BCUT2D eigenvalue weighted by atomic mass is 9.85. The van der Waals surface area contributed by atoms with Crippen LogP contribution in [0.25, 0.3) is 0 Å². The maximum atomic E-state index is 10.1. The molecule has 14 heavy (non-hydrogen) atoms. The predicted octanol–water partition coefficient (Wildman–Crippen LogP) is 1.04. The predicted molar refractivity (Wildman–Crippen MR) is 57.2 cm³/mol. The molecule has 3 heteroatoms. The minimum Gasteiger partial charge on any atom is -0.392 e. The molecule has 3 nitrogen and oxygen atoms in total. The Labute approximate surface area is 86.5 Å². The lowest BCUT2D eigenvalue weighted by Gasteiger charge is -2.32. The second kappa shape index (κ2) is 5.69. The van der Waals surface area contributed by atoms with Crippen LogP contribution in [0.5, 0.6) is 0 Å². The molecule has 3 N–H and O–H groups in total. The third kappa shape index (κ3) is 3.95. The van der Waals surface area contributed by atoms with E-state index in [9.17, 15) is 10.2 Å². The van der Waals surface area contributed by atoms with Crippen LogP contribution in [-0.4, -0.2) is 35.0 Å². The summed E-state index contributed by atoms with van der Waals surface area (Å²) in [5, 5.41) is 22.6. The molecule has 0 aromatic carbocycles. The molecular weight excluding hydrogens is 178 g/mol. The van der Waals surface area contributed by atoms with Gasteiger partial charge in [-0.3, -0.25) is 0 Å². The average molecular weight is 201 g/mol. The second-order valence-corrected chi connectivity index (χ2v) is 4.48. The molecule has 1 unspecified atom stereocenters. The highest BCUT2D eigenvalue weighted by molar-refractivity contribution is 4.84. The fourth-order valence-corrected chi connectivity index (χ4v) is 2.00. The summed E-state index contributed by atoms with van der Waals surface area (Å²) in [6.07, 6.45) is 5.82. The zero-order chi connectivity index (χ0) is 10.4. The highest BCUT2D eigenvalue weighted by Gasteiger charge is 2.28. The summed E-state index contributed by atoms with van der Waals surface area (Å²) < 4.78 is 0. The molecule has 0 aliphatic heterocycles. The van der Waals surface area contributed by atoms with Crippen molar-refractivity contribution in [1.29, 1.82) is 0 Å². The molecule has 0 aromatic heterocycles. The van der Waals surface area contributed by atoms with Crippen molar-refractivity contribution in [3.05, 3.63) is 0 Å². The Morgan fingerprint density at radius 1 is 1.29 bits per heavy atom. The van der Waals surface area contributed by atoms with Gasteiger partial charge < -0.3 is 15.5 Å². The first-order valence-electron chi connectivity index (χ1n) is 5.77. The average Bonchev–Trinajstić information content (AvgIpc) is 2.18. The molecule has 0 aromatic rings. The van der Waals surface area contributed by atoms with E-state index in [2.05, 4.69) is 5.32 Å². The van der Waals surface area contributed by atoms with Crippen LogP contribution in [0.15, 0.2) is 0 Å². The Balaban J connectivity index is 2.15. The molecule has 1 aliphatic carbocycles. The van der Waals surface area contributed by atoms with Crippen molar-refractivity contribution in [2.24, 2.45) is 0 Å². The zero-order valence-electron chi connectivity index (χ0n) is 9.13. The van der Waals surface area contributed by atoms with E-state index in [1.54, 1.807) is 0 Å². The van der Waals surface area contributed by atoms with E-state index < -0.39 is 5.60 Å². The van der Waals surface area contributed by atoms with Crippen LogP contribution in [0.2, 0.25) is 0 Å². The van der Waals surface area contributed by atoms with Gasteiger partial charge in [-0.2, -0.15) is 0 Å². The Morgan fingerprint density at radius 2 is 1.93 bits per heavy atom. The van der Waals surface area contributed by atoms with Crippen molar-refractivity contribution in [3.63, 3.8) is 0 Å². The first kappa shape index (κ1) is 12.0. The van der Waals surface area contributed by atoms with E-state index in [0.717, 1.165) is 32.1 Å². The van der Waals surface area contributed by atoms with E-state index >= 15 is 0 Å². The SMILES string of the molecule is CCC(O)CNCC1(O)CCCCC1. The molecule has 0 saturated heterocycles. The topological polar surface area (TPSA) is 52.5 Å². The minimum atomic E-state index is -0.508. The number of rotatable bonds is 5. The fraction of sp³-hybridized carbons (Fsp3) is 1.00. The lowest BCUT2D eigenvalue weighted by Crippen LogP contribution is -2.44. The lowest BCUT2D eigenvalue weighted by molar-refractivity contribution is 0.00264. The van der Waals surface area contributed by atoms with Crippen LogP contribution in [-0.2, 0) is 0 Å². The maximum Gasteiger partial charge on any atom is 0.0771 e. The van der Waals surface area contributed by atoms with Crippen LogP contribution >= 0.6 is 0 Å². The van der Waals surface area contributed by atoms with E-state index in [1.165, 1.54) is 6.42 Å². The van der Waals surface area contributed by atoms with Gasteiger partial charge in [0.15, 0.2) is 0 Å². The first-order valence-corrected chi connectivity index (χ1v) is 5.77. The van der Waals surface area contributed by atoms with E-state index in [-0.39, 0.29) is 6.10 Å². The largest absolute Gasteiger partial charge is 0.392 e. The summed E-state index contributed by atoms with van der Waals surface area (Å²) in [5.41, 5.74) is -0.508. The van der Waals surface area contributed by atoms with Crippen molar-refractivity contribution in [2.75, 3.05) is 13.1 Å². The number of hydrogen-bond acceptors (Lipinski definition) is 3. The summed E-state index contributed by atoms with van der Waals surface area (Å²) in [6.45, 7) is 3.19. The van der Waals surface area contributed by atoms with Crippen molar-refractivity contribution >= 4 is 0 Å². The Hall–Kier alpha value is -0.120. The van der Waals surface area contributed by atoms with Gasteiger partial charge in [-0.1, -0.05) is 26.2 Å². The fourth-order valence-electron chi connectivity index (χ4n) is 2.00. The maximum absolute atomic E-state index is 10.1. The van der Waals surface area contributed by atoms with Gasteiger partial charge in [0.2, 0.25) is 0 Å². The Morgan fingerprint density at radius 3 is 2.50 bits per heavy atom. The van der Waals surface area contributed by atoms with Crippen molar-refractivity contribution in [1.82, 2.24) is 5.32 Å². The van der Waals surface area contributed by atoms with Gasteiger partial charge in [0, 0.05) is 13.1 Å². The highest BCUT2D eigenvalue weighted by atomic mass is 16.3. The minimum absolute atomic E-state index is 0.276. The third-order valence-electron chi connectivity index (χ3n) is 3.09. The first-order chi connectivity index (χ1) is 6.66. The molecule has 84 valence electrons. The zero-order valence-corrected chi connectivity index (χ0v) is 9.13. The molecule has 0 radical (unpaired) electrons. The van der Waals surface area contributed by atoms with Gasteiger partial charge >= 0.3 is 0 Å². The van der Waals surface area contributed by atoms with Gasteiger partial charge in [-0.15, -0.1) is 0 Å². The molecule has 0 amide bonds. The summed E-state index contributed by atoms with van der Waals surface area (Å²) in [5.74, 6) is 0. The molecule has 1 rings (SSSR count). The van der Waals surface area contributed by atoms with Gasteiger partial charge in [0.25, 0.3) is 0 Å². The van der Waals surface area contributed by atoms with Gasteiger partial charge in [-0.25, -0.2) is 0 Å². The molecule has 0 bridgehead atoms. The van der Waals surface area contributed by atoms with Gasteiger partial charge in [-0.05, 0) is 19.3 Å². The second-order valence-electron chi connectivity index (χ2n) is 4.48. The Kier molecular flexibility index (Phi) is 4.85. The summed E-state index contributed by atoms with van der Waals surface area (Å²) in [4.78, 5) is 0. The molecule has 0 heterocycles.